The van der Waals surface area contributed by atoms with Crippen molar-refractivity contribution in [2.75, 3.05) is 0 Å². The Kier molecular flexibility index (Phi) is 11.3. The first kappa shape index (κ1) is 25.1. The van der Waals surface area contributed by atoms with E-state index in [1.54, 1.807) is 0 Å². The van der Waals surface area contributed by atoms with Crippen LogP contribution in [0.25, 0.3) is 0 Å². The average molecular weight is 528 g/mol. The molecule has 1 aromatic heterocycles. The summed E-state index contributed by atoms with van der Waals surface area (Å²) in [4.78, 5) is 13.8. The summed E-state index contributed by atoms with van der Waals surface area (Å²) in [7, 11) is 11.5. The first-order valence-corrected chi connectivity index (χ1v) is 12.8. The van der Waals surface area contributed by atoms with E-state index in [4.69, 9.17) is 25.5 Å². The number of aromatic nitrogens is 1. The van der Waals surface area contributed by atoms with Gasteiger partial charge < -0.3 is 4.57 Å². The second-order valence-corrected chi connectivity index (χ2v) is 8.58. The van der Waals surface area contributed by atoms with Crippen LogP contribution in [0.4, 0.5) is 17.1 Å². The van der Waals surface area contributed by atoms with Gasteiger partial charge in [0.25, 0.3) is 0 Å². The zero-order valence-electron chi connectivity index (χ0n) is 16.1. The number of thiocarbonyl (C=S) groups is 1. The van der Waals surface area contributed by atoms with Crippen molar-refractivity contribution in [1.29, 1.82) is 5.26 Å². The van der Waals surface area contributed by atoms with Crippen molar-refractivity contribution in [3.8, 4) is 5.40 Å². The molecule has 1 heterocycles. The third kappa shape index (κ3) is 8.45. The van der Waals surface area contributed by atoms with Gasteiger partial charge in [0, 0.05) is 11.9 Å². The van der Waals surface area contributed by atoms with Gasteiger partial charge in [0.15, 0.2) is 0 Å². The number of thioether (sulfide) groups is 1. The first-order chi connectivity index (χ1) is 15.1. The number of nitrogens with zero attached hydrogens (tertiary/aromatic N) is 5. The number of hydrogen-bond acceptors (Lipinski definition) is 6. The summed E-state index contributed by atoms with van der Waals surface area (Å²) in [6.07, 6.45) is 3.62. The molecule has 0 saturated carbocycles. The predicted molar refractivity (Wildman–Crippen MR) is 131 cm³/mol. The molecule has 2 aromatic carbocycles. The third-order valence-corrected chi connectivity index (χ3v) is 4.61. The SMILES string of the molecule is Cn1c(C=Nc2ccc(N=C=S)cc2)ccc1C=Nc1ccc(SC#N)cc1.[Cl][Fe][Cl]. The molecule has 0 aliphatic carbocycles. The number of thiocyanates is 1. The molecule has 0 radical (unpaired) electrons. The van der Waals surface area contributed by atoms with E-state index in [0.717, 1.165) is 45.1 Å². The predicted octanol–water partition coefficient (Wildman–Crippen LogP) is 7.21. The summed E-state index contributed by atoms with van der Waals surface area (Å²) in [5.74, 6) is 0. The van der Waals surface area contributed by atoms with Gasteiger partial charge in [-0.2, -0.15) is 10.3 Å². The molecule has 0 saturated heterocycles. The average Bonchev–Trinajstić information content (AvgIpc) is 3.13. The van der Waals surface area contributed by atoms with E-state index in [0.29, 0.717) is 0 Å². The Morgan fingerprint density at radius 2 is 1.35 bits per heavy atom. The van der Waals surface area contributed by atoms with Crippen LogP contribution in [0.3, 0.4) is 0 Å². The zero-order valence-corrected chi connectivity index (χ0v) is 20.3. The van der Waals surface area contributed by atoms with Crippen molar-refractivity contribution < 1.29 is 13.1 Å². The summed E-state index contributed by atoms with van der Waals surface area (Å²) < 4.78 is 2.01. The molecule has 10 heteroatoms. The number of rotatable bonds is 6. The zero-order chi connectivity index (χ0) is 22.5. The molecule has 0 aliphatic rings. The van der Waals surface area contributed by atoms with E-state index in [2.05, 4.69) is 37.8 Å². The van der Waals surface area contributed by atoms with Gasteiger partial charge >= 0.3 is 33.3 Å². The fraction of sp³-hybridized carbons (Fsp3) is 0.0476. The first-order valence-electron chi connectivity index (χ1n) is 8.54. The Morgan fingerprint density at radius 1 is 0.903 bits per heavy atom. The maximum atomic E-state index is 8.68. The van der Waals surface area contributed by atoms with Gasteiger partial charge in [0.2, 0.25) is 0 Å². The molecule has 0 aliphatic heterocycles. The number of isothiocyanates is 1. The fourth-order valence-corrected chi connectivity index (χ4v) is 2.89. The van der Waals surface area contributed by atoms with Crippen LogP contribution in [-0.2, 0) is 20.2 Å². The molecular weight excluding hydrogens is 513 g/mol. The Balaban J connectivity index is 0.00000107. The van der Waals surface area contributed by atoms with Crippen molar-refractivity contribution in [3.63, 3.8) is 0 Å². The van der Waals surface area contributed by atoms with E-state index >= 15 is 0 Å². The number of hydrogen-bond donors (Lipinski definition) is 0. The normalized spacial score (nSPS) is 10.5. The minimum atomic E-state index is 0.194. The molecule has 31 heavy (non-hydrogen) atoms. The van der Waals surface area contributed by atoms with Gasteiger partial charge in [-0.3, -0.25) is 9.98 Å². The van der Waals surface area contributed by atoms with Crippen molar-refractivity contribution in [2.45, 2.75) is 4.90 Å². The van der Waals surface area contributed by atoms with Crippen LogP contribution in [0.15, 0.2) is 80.5 Å². The van der Waals surface area contributed by atoms with Crippen LogP contribution in [0.5, 0.6) is 0 Å². The number of halogens is 2. The van der Waals surface area contributed by atoms with Crippen LogP contribution in [0, 0.1) is 10.7 Å². The second-order valence-electron chi connectivity index (χ2n) is 5.72. The number of aliphatic imine (C=N–C) groups is 3. The quantitative estimate of drug-likeness (QED) is 0.112. The molecule has 0 unspecified atom stereocenters. The van der Waals surface area contributed by atoms with Gasteiger partial charge in [-0.1, -0.05) is 0 Å². The molecular formula is C21H15Cl2FeN5S2. The molecule has 0 atom stereocenters. The molecule has 0 N–H and O–H groups in total. The Bertz CT molecular complexity index is 1130. The molecule has 3 aromatic rings. The van der Waals surface area contributed by atoms with Crippen LogP contribution in [0.2, 0.25) is 0 Å². The van der Waals surface area contributed by atoms with Crippen LogP contribution in [0.1, 0.15) is 11.4 Å². The van der Waals surface area contributed by atoms with Crippen molar-refractivity contribution in [2.24, 2.45) is 22.0 Å². The van der Waals surface area contributed by atoms with Crippen LogP contribution in [-0.4, -0.2) is 22.2 Å². The van der Waals surface area contributed by atoms with Crippen LogP contribution >= 0.6 is 44.2 Å². The van der Waals surface area contributed by atoms with Crippen molar-refractivity contribution >= 4 is 78.8 Å². The number of nitriles is 1. The summed E-state index contributed by atoms with van der Waals surface area (Å²) in [5.41, 5.74) is 4.34. The summed E-state index contributed by atoms with van der Waals surface area (Å²) in [5, 5.41) is 13.1. The van der Waals surface area contributed by atoms with E-state index in [9.17, 15) is 0 Å². The monoisotopic (exact) mass is 527 g/mol. The third-order valence-electron chi connectivity index (χ3n) is 3.92. The van der Waals surface area contributed by atoms with Crippen molar-refractivity contribution in [1.82, 2.24) is 4.57 Å². The van der Waals surface area contributed by atoms with Gasteiger partial charge in [0.1, 0.15) is 5.40 Å². The molecule has 0 amide bonds. The van der Waals surface area contributed by atoms with E-state index in [1.807, 2.05) is 84.7 Å². The molecule has 0 bridgehead atoms. The number of benzene rings is 2. The fourth-order valence-electron chi connectivity index (χ4n) is 2.40. The summed E-state index contributed by atoms with van der Waals surface area (Å²) in [6, 6.07) is 19.0. The van der Waals surface area contributed by atoms with E-state index in [1.165, 1.54) is 0 Å². The Morgan fingerprint density at radius 3 is 1.81 bits per heavy atom. The molecule has 3 rings (SSSR count). The standard InChI is InChI=1S/C21H15N5S2.2ClH.Fe/c1-26-19(12-23-16-2-4-18(5-3-16)25-15-27)8-9-20(26)13-24-17-6-10-21(11-7-17)28-14-22;;;/h2-13H,1H3;2*1H;/q;;;+2/p-2. The molecule has 0 fully saturated rings. The van der Waals surface area contributed by atoms with Crippen LogP contribution < -0.4 is 0 Å². The van der Waals surface area contributed by atoms with Gasteiger partial charge in [-0.05, 0) is 84.6 Å². The minimum absolute atomic E-state index is 0.194. The van der Waals surface area contributed by atoms with Gasteiger partial charge in [-0.25, -0.2) is 0 Å². The molecule has 158 valence electrons. The summed E-state index contributed by atoms with van der Waals surface area (Å²) >= 11 is 5.92. The van der Waals surface area contributed by atoms with Gasteiger partial charge in [0.05, 0.1) is 46.0 Å². The molecule has 0 spiro atoms. The second kappa shape index (κ2) is 14.0. The molecule has 5 nitrogen and oxygen atoms in total. The van der Waals surface area contributed by atoms with E-state index < -0.39 is 0 Å². The van der Waals surface area contributed by atoms with E-state index in [-0.39, 0.29) is 13.1 Å². The summed E-state index contributed by atoms with van der Waals surface area (Å²) in [6.45, 7) is 0. The Labute approximate surface area is 205 Å². The Hall–Kier alpha value is -2.20. The maximum absolute atomic E-state index is 8.68. The topological polar surface area (TPSA) is 65.8 Å². The van der Waals surface area contributed by atoms with Crippen molar-refractivity contribution in [3.05, 3.63) is 72.1 Å². The van der Waals surface area contributed by atoms with Gasteiger partial charge in [-0.15, -0.1) is 0 Å².